The Morgan fingerprint density at radius 1 is 1.15 bits per heavy atom. The molecule has 0 saturated heterocycles. The molecule has 1 aromatic carbocycles. The van der Waals surface area contributed by atoms with Gasteiger partial charge < -0.3 is 0 Å². The number of rotatable bonds is 6. The van der Waals surface area contributed by atoms with Crippen LogP contribution in [0.2, 0.25) is 0 Å². The smallest absolute Gasteiger partial charge is 0.0839 e. The number of likely N-dealkylation sites (N-methyl/N-ethyl adjacent to an activating group) is 1. The Morgan fingerprint density at radius 2 is 1.85 bits per heavy atom. The van der Waals surface area contributed by atoms with Crippen molar-refractivity contribution < 1.29 is 0 Å². The van der Waals surface area contributed by atoms with E-state index in [1.165, 1.54) is 5.56 Å². The van der Waals surface area contributed by atoms with Crippen LogP contribution in [0.5, 0.6) is 0 Å². The van der Waals surface area contributed by atoms with Crippen molar-refractivity contribution in [3.05, 3.63) is 66.0 Å². The van der Waals surface area contributed by atoms with Crippen LogP contribution in [0.4, 0.5) is 0 Å². The first-order valence-electron chi connectivity index (χ1n) is 6.89. The summed E-state index contributed by atoms with van der Waals surface area (Å²) in [5, 5.41) is 9.40. The van der Waals surface area contributed by atoms with Gasteiger partial charge in [-0.05, 0) is 29.8 Å². The van der Waals surface area contributed by atoms with E-state index in [-0.39, 0.29) is 5.92 Å². The Bertz CT molecular complexity index is 545. The van der Waals surface area contributed by atoms with Crippen molar-refractivity contribution >= 4 is 0 Å². The summed E-state index contributed by atoms with van der Waals surface area (Å²) in [5.41, 5.74) is 2.31. The third-order valence-corrected chi connectivity index (χ3v) is 3.40. The molecule has 0 aliphatic carbocycles. The lowest BCUT2D eigenvalue weighted by Gasteiger charge is -2.23. The largest absolute Gasteiger partial charge is 0.298 e. The molecule has 3 heteroatoms. The number of hydrogen-bond donors (Lipinski definition) is 0. The summed E-state index contributed by atoms with van der Waals surface area (Å²) < 4.78 is 0. The van der Waals surface area contributed by atoms with Crippen LogP contribution in [0.3, 0.4) is 0 Å². The van der Waals surface area contributed by atoms with Gasteiger partial charge in [-0.2, -0.15) is 5.26 Å². The summed E-state index contributed by atoms with van der Waals surface area (Å²) in [6.07, 6.45) is 3.62. The highest BCUT2D eigenvalue weighted by molar-refractivity contribution is 5.25. The van der Waals surface area contributed by atoms with Crippen LogP contribution in [-0.4, -0.2) is 23.0 Å². The van der Waals surface area contributed by atoms with E-state index in [1.54, 1.807) is 0 Å². The van der Waals surface area contributed by atoms with Gasteiger partial charge in [0.1, 0.15) is 0 Å². The molecule has 3 nitrogen and oxygen atoms in total. The summed E-state index contributed by atoms with van der Waals surface area (Å²) in [5.74, 6) is -0.0852. The van der Waals surface area contributed by atoms with Gasteiger partial charge in [-0.3, -0.25) is 9.88 Å². The first-order valence-corrected chi connectivity index (χ1v) is 6.89. The Labute approximate surface area is 120 Å². The fourth-order valence-electron chi connectivity index (χ4n) is 2.22. The molecule has 0 spiro atoms. The van der Waals surface area contributed by atoms with Crippen LogP contribution in [0.15, 0.2) is 54.9 Å². The Hall–Kier alpha value is -2.18. The molecule has 2 aromatic rings. The monoisotopic (exact) mass is 265 g/mol. The normalized spacial score (nSPS) is 12.1. The molecule has 0 saturated carbocycles. The van der Waals surface area contributed by atoms with E-state index in [4.69, 9.17) is 0 Å². The number of aromatic nitrogens is 1. The zero-order chi connectivity index (χ0) is 14.2. The van der Waals surface area contributed by atoms with Gasteiger partial charge in [0.05, 0.1) is 12.0 Å². The van der Waals surface area contributed by atoms with E-state index in [9.17, 15) is 5.26 Å². The molecule has 2 rings (SSSR count). The molecular formula is C17H19N3. The maximum Gasteiger partial charge on any atom is 0.0839 e. The standard InChI is InChI=1S/C17H19N3/c1-2-20(13-15-8-10-19-11-9-15)14-17(12-18)16-6-4-3-5-7-16/h3-11,17H,2,13-14H2,1H3. The molecule has 0 aliphatic rings. The highest BCUT2D eigenvalue weighted by Crippen LogP contribution is 2.17. The maximum atomic E-state index is 9.40. The lowest BCUT2D eigenvalue weighted by atomic mass is 10.00. The van der Waals surface area contributed by atoms with Crippen molar-refractivity contribution in [3.8, 4) is 6.07 Å². The van der Waals surface area contributed by atoms with E-state index in [0.717, 1.165) is 25.2 Å². The molecule has 20 heavy (non-hydrogen) atoms. The zero-order valence-corrected chi connectivity index (χ0v) is 11.7. The number of benzene rings is 1. The van der Waals surface area contributed by atoms with Crippen molar-refractivity contribution in [1.29, 1.82) is 5.26 Å². The minimum atomic E-state index is -0.0852. The second-order valence-corrected chi connectivity index (χ2v) is 4.78. The second-order valence-electron chi connectivity index (χ2n) is 4.78. The van der Waals surface area contributed by atoms with E-state index < -0.39 is 0 Å². The molecule has 102 valence electrons. The van der Waals surface area contributed by atoms with E-state index in [1.807, 2.05) is 54.9 Å². The minimum Gasteiger partial charge on any atom is -0.298 e. The average molecular weight is 265 g/mol. The molecule has 1 aromatic heterocycles. The fraction of sp³-hybridized carbons (Fsp3) is 0.294. The van der Waals surface area contributed by atoms with Gasteiger partial charge in [0.25, 0.3) is 0 Å². The lowest BCUT2D eigenvalue weighted by molar-refractivity contribution is 0.274. The van der Waals surface area contributed by atoms with Gasteiger partial charge >= 0.3 is 0 Å². The Kier molecular flexibility index (Phi) is 5.28. The van der Waals surface area contributed by atoms with Gasteiger partial charge in [-0.25, -0.2) is 0 Å². The Morgan fingerprint density at radius 3 is 2.45 bits per heavy atom. The molecule has 0 fully saturated rings. The van der Waals surface area contributed by atoms with E-state index >= 15 is 0 Å². The van der Waals surface area contributed by atoms with Gasteiger partial charge in [0, 0.05) is 25.5 Å². The summed E-state index contributed by atoms with van der Waals surface area (Å²) >= 11 is 0. The summed E-state index contributed by atoms with van der Waals surface area (Å²) in [6, 6.07) is 16.4. The van der Waals surface area contributed by atoms with E-state index in [0.29, 0.717) is 0 Å². The quantitative estimate of drug-likeness (QED) is 0.805. The maximum absolute atomic E-state index is 9.40. The van der Waals surface area contributed by atoms with Gasteiger partial charge in [0.15, 0.2) is 0 Å². The minimum absolute atomic E-state index is 0.0852. The van der Waals surface area contributed by atoms with Gasteiger partial charge in [-0.1, -0.05) is 37.3 Å². The third-order valence-electron chi connectivity index (χ3n) is 3.40. The first kappa shape index (κ1) is 14.2. The number of hydrogen-bond acceptors (Lipinski definition) is 3. The predicted molar refractivity (Wildman–Crippen MR) is 80.0 cm³/mol. The zero-order valence-electron chi connectivity index (χ0n) is 11.7. The summed E-state index contributed by atoms with van der Waals surface area (Å²) in [7, 11) is 0. The molecule has 0 bridgehead atoms. The third kappa shape index (κ3) is 3.91. The van der Waals surface area contributed by atoms with Crippen molar-refractivity contribution in [2.45, 2.75) is 19.4 Å². The van der Waals surface area contributed by atoms with Crippen LogP contribution in [0.1, 0.15) is 24.0 Å². The number of nitrogens with zero attached hydrogens (tertiary/aromatic N) is 3. The van der Waals surface area contributed by atoms with Gasteiger partial charge in [-0.15, -0.1) is 0 Å². The second kappa shape index (κ2) is 7.42. The molecule has 1 heterocycles. The van der Waals surface area contributed by atoms with Crippen LogP contribution < -0.4 is 0 Å². The summed E-state index contributed by atoms with van der Waals surface area (Å²) in [4.78, 5) is 6.32. The fourth-order valence-corrected chi connectivity index (χ4v) is 2.22. The average Bonchev–Trinajstić information content (AvgIpc) is 2.53. The van der Waals surface area contributed by atoms with Crippen LogP contribution in [0.25, 0.3) is 0 Å². The van der Waals surface area contributed by atoms with Crippen LogP contribution >= 0.6 is 0 Å². The first-order chi connectivity index (χ1) is 9.83. The molecule has 0 amide bonds. The predicted octanol–water partition coefficient (Wildman–Crippen LogP) is 3.21. The molecule has 0 aliphatic heterocycles. The van der Waals surface area contributed by atoms with Crippen LogP contribution in [-0.2, 0) is 6.54 Å². The molecule has 1 unspecified atom stereocenters. The van der Waals surface area contributed by atoms with Crippen molar-refractivity contribution in [1.82, 2.24) is 9.88 Å². The Balaban J connectivity index is 2.04. The lowest BCUT2D eigenvalue weighted by Crippen LogP contribution is -2.27. The van der Waals surface area contributed by atoms with Crippen molar-refractivity contribution in [2.75, 3.05) is 13.1 Å². The SMILES string of the molecule is CCN(Cc1ccncc1)CC(C#N)c1ccccc1. The van der Waals surface area contributed by atoms with Crippen LogP contribution in [0, 0.1) is 11.3 Å². The molecule has 0 radical (unpaired) electrons. The highest BCUT2D eigenvalue weighted by atomic mass is 15.1. The molecular weight excluding hydrogens is 246 g/mol. The van der Waals surface area contributed by atoms with Crippen molar-refractivity contribution in [2.24, 2.45) is 0 Å². The molecule has 1 atom stereocenters. The number of pyridine rings is 1. The molecule has 0 N–H and O–H groups in total. The van der Waals surface area contributed by atoms with E-state index in [2.05, 4.69) is 22.9 Å². The van der Waals surface area contributed by atoms with Gasteiger partial charge in [0.2, 0.25) is 0 Å². The number of nitriles is 1. The summed E-state index contributed by atoms with van der Waals surface area (Å²) in [6.45, 7) is 4.65. The topological polar surface area (TPSA) is 39.9 Å². The van der Waals surface area contributed by atoms with Crippen molar-refractivity contribution in [3.63, 3.8) is 0 Å². The highest BCUT2D eigenvalue weighted by Gasteiger charge is 2.14.